The average molecular weight is 369 g/mol. The maximum absolute atomic E-state index is 12.3. The Labute approximate surface area is 160 Å². The zero-order valence-electron chi connectivity index (χ0n) is 16.6. The van der Waals surface area contributed by atoms with Crippen LogP contribution < -0.4 is 10.1 Å². The first-order chi connectivity index (χ1) is 12.7. The molecular weight excluding hydrogens is 342 g/mol. The molecule has 0 aliphatic rings. The van der Waals surface area contributed by atoms with Crippen LogP contribution in [0.2, 0.25) is 0 Å². The molecule has 0 unspecified atom stereocenters. The van der Waals surface area contributed by atoms with E-state index in [1.807, 2.05) is 25.1 Å². The summed E-state index contributed by atoms with van der Waals surface area (Å²) < 4.78 is 10.8. The van der Waals surface area contributed by atoms with Crippen molar-refractivity contribution >= 4 is 17.6 Å². The lowest BCUT2D eigenvalue weighted by Crippen LogP contribution is -2.22. The molecule has 0 radical (unpaired) electrons. The van der Waals surface area contributed by atoms with Crippen molar-refractivity contribution in [2.75, 3.05) is 18.5 Å². The molecule has 2 aromatic carbocycles. The minimum absolute atomic E-state index is 0.0898. The molecule has 5 nitrogen and oxygen atoms in total. The average Bonchev–Trinajstić information content (AvgIpc) is 2.59. The molecule has 0 aliphatic heterocycles. The normalized spacial score (nSPS) is 11.0. The van der Waals surface area contributed by atoms with Crippen molar-refractivity contribution in [1.29, 1.82) is 0 Å². The fraction of sp³-hybridized carbons (Fsp3) is 0.364. The van der Waals surface area contributed by atoms with Crippen LogP contribution in [0.5, 0.6) is 5.75 Å². The summed E-state index contributed by atoms with van der Waals surface area (Å²) in [5, 5.41) is 2.75. The summed E-state index contributed by atoms with van der Waals surface area (Å²) in [6.45, 7) is 10.2. The second kappa shape index (κ2) is 8.71. The number of hydrogen-bond acceptors (Lipinski definition) is 4. The number of ether oxygens (including phenoxy) is 2. The SMILES string of the molecule is CCOC(=O)c1cccc(NC(=O)COc2cc(C)ccc2C(C)(C)C)c1. The topological polar surface area (TPSA) is 64.6 Å². The van der Waals surface area contributed by atoms with E-state index in [4.69, 9.17) is 9.47 Å². The van der Waals surface area contributed by atoms with Gasteiger partial charge < -0.3 is 14.8 Å². The summed E-state index contributed by atoms with van der Waals surface area (Å²) in [4.78, 5) is 24.1. The number of benzene rings is 2. The van der Waals surface area contributed by atoms with E-state index in [1.165, 1.54) is 0 Å². The quantitative estimate of drug-likeness (QED) is 0.762. The van der Waals surface area contributed by atoms with E-state index in [1.54, 1.807) is 31.2 Å². The summed E-state index contributed by atoms with van der Waals surface area (Å²) >= 11 is 0. The maximum Gasteiger partial charge on any atom is 0.338 e. The van der Waals surface area contributed by atoms with Gasteiger partial charge in [-0.3, -0.25) is 4.79 Å². The molecule has 2 aromatic rings. The van der Waals surface area contributed by atoms with E-state index < -0.39 is 5.97 Å². The smallest absolute Gasteiger partial charge is 0.338 e. The molecule has 0 saturated carbocycles. The van der Waals surface area contributed by atoms with Gasteiger partial charge in [0.2, 0.25) is 0 Å². The standard InChI is InChI=1S/C22H27NO4/c1-6-26-21(25)16-8-7-9-17(13-16)23-20(24)14-27-19-12-15(2)10-11-18(19)22(3,4)5/h7-13H,6,14H2,1-5H3,(H,23,24). The highest BCUT2D eigenvalue weighted by atomic mass is 16.5. The molecular formula is C22H27NO4. The summed E-state index contributed by atoms with van der Waals surface area (Å²) in [6.07, 6.45) is 0. The van der Waals surface area contributed by atoms with E-state index in [2.05, 4.69) is 26.1 Å². The number of rotatable bonds is 6. The summed E-state index contributed by atoms with van der Waals surface area (Å²) in [5.41, 5.74) is 2.94. The van der Waals surface area contributed by atoms with Crippen molar-refractivity contribution in [3.63, 3.8) is 0 Å². The highest BCUT2D eigenvalue weighted by Crippen LogP contribution is 2.32. The minimum atomic E-state index is -0.417. The van der Waals surface area contributed by atoms with E-state index >= 15 is 0 Å². The molecule has 0 aliphatic carbocycles. The van der Waals surface area contributed by atoms with Gasteiger partial charge in [0.05, 0.1) is 12.2 Å². The van der Waals surface area contributed by atoms with Crippen molar-refractivity contribution in [2.24, 2.45) is 0 Å². The highest BCUT2D eigenvalue weighted by molar-refractivity contribution is 5.95. The van der Waals surface area contributed by atoms with Crippen LogP contribution in [0, 0.1) is 6.92 Å². The van der Waals surface area contributed by atoms with Crippen molar-refractivity contribution in [1.82, 2.24) is 0 Å². The van der Waals surface area contributed by atoms with E-state index in [9.17, 15) is 9.59 Å². The molecule has 1 amide bonds. The van der Waals surface area contributed by atoms with Crippen molar-refractivity contribution in [3.05, 3.63) is 59.2 Å². The first-order valence-electron chi connectivity index (χ1n) is 9.01. The molecule has 0 bridgehead atoms. The van der Waals surface area contributed by atoms with Gasteiger partial charge in [-0.15, -0.1) is 0 Å². The molecule has 144 valence electrons. The Kier molecular flexibility index (Phi) is 6.61. The largest absolute Gasteiger partial charge is 0.483 e. The fourth-order valence-electron chi connectivity index (χ4n) is 2.65. The third kappa shape index (κ3) is 5.84. The van der Waals surface area contributed by atoms with Crippen molar-refractivity contribution in [3.8, 4) is 5.75 Å². The maximum atomic E-state index is 12.3. The lowest BCUT2D eigenvalue weighted by molar-refractivity contribution is -0.118. The number of amides is 1. The number of anilines is 1. The zero-order chi connectivity index (χ0) is 20.0. The van der Waals surface area contributed by atoms with Crippen molar-refractivity contribution in [2.45, 2.75) is 40.0 Å². The molecule has 0 heterocycles. The minimum Gasteiger partial charge on any atom is -0.483 e. The van der Waals surface area contributed by atoms with E-state index in [0.29, 0.717) is 23.6 Å². The molecule has 5 heteroatoms. The first-order valence-corrected chi connectivity index (χ1v) is 9.01. The van der Waals surface area contributed by atoms with Gasteiger partial charge in [-0.1, -0.05) is 39.0 Å². The van der Waals surface area contributed by atoms with Gasteiger partial charge in [0.1, 0.15) is 5.75 Å². The van der Waals surface area contributed by atoms with Crippen LogP contribution in [0.1, 0.15) is 49.2 Å². The molecule has 2 rings (SSSR count). The Morgan fingerprint density at radius 2 is 1.81 bits per heavy atom. The zero-order valence-corrected chi connectivity index (χ0v) is 16.6. The number of aryl methyl sites for hydroxylation is 1. The van der Waals surface area contributed by atoms with Crippen LogP contribution >= 0.6 is 0 Å². The fourth-order valence-corrected chi connectivity index (χ4v) is 2.65. The summed E-state index contributed by atoms with van der Waals surface area (Å²) in [6, 6.07) is 12.7. The Hall–Kier alpha value is -2.82. The lowest BCUT2D eigenvalue weighted by atomic mass is 9.86. The first kappa shape index (κ1) is 20.5. The van der Waals surface area contributed by atoms with Crippen LogP contribution in [0.15, 0.2) is 42.5 Å². The van der Waals surface area contributed by atoms with Gasteiger partial charge in [0.15, 0.2) is 6.61 Å². The van der Waals surface area contributed by atoms with Crippen LogP contribution in [-0.2, 0) is 14.9 Å². The van der Waals surface area contributed by atoms with Crippen LogP contribution in [0.25, 0.3) is 0 Å². The van der Waals surface area contributed by atoms with Gasteiger partial charge in [-0.25, -0.2) is 4.79 Å². The predicted molar refractivity (Wildman–Crippen MR) is 106 cm³/mol. The Morgan fingerprint density at radius 1 is 1.07 bits per heavy atom. The lowest BCUT2D eigenvalue weighted by Gasteiger charge is -2.23. The monoisotopic (exact) mass is 369 g/mol. The molecule has 0 atom stereocenters. The summed E-state index contributed by atoms with van der Waals surface area (Å²) in [7, 11) is 0. The molecule has 0 spiro atoms. The van der Waals surface area contributed by atoms with Crippen molar-refractivity contribution < 1.29 is 19.1 Å². The third-order valence-corrected chi connectivity index (χ3v) is 3.96. The van der Waals surface area contributed by atoms with Crippen LogP contribution in [0.4, 0.5) is 5.69 Å². The van der Waals surface area contributed by atoms with Crippen LogP contribution in [0.3, 0.4) is 0 Å². The van der Waals surface area contributed by atoms with E-state index in [0.717, 1.165) is 11.1 Å². The number of carbonyl (C=O) groups is 2. The Balaban J connectivity index is 2.05. The molecule has 0 aromatic heterocycles. The number of esters is 1. The van der Waals surface area contributed by atoms with E-state index in [-0.39, 0.29) is 17.9 Å². The van der Waals surface area contributed by atoms with Crippen LogP contribution in [-0.4, -0.2) is 25.1 Å². The predicted octanol–water partition coefficient (Wildman–Crippen LogP) is 4.49. The number of hydrogen-bond donors (Lipinski definition) is 1. The second-order valence-electron chi connectivity index (χ2n) is 7.39. The van der Waals surface area contributed by atoms with Gasteiger partial charge >= 0.3 is 5.97 Å². The van der Waals surface area contributed by atoms with Gasteiger partial charge in [0, 0.05) is 5.69 Å². The Morgan fingerprint density at radius 3 is 2.48 bits per heavy atom. The molecule has 0 fully saturated rings. The van der Waals surface area contributed by atoms with Gasteiger partial charge in [0.25, 0.3) is 5.91 Å². The Bertz CT molecular complexity index is 821. The van der Waals surface area contributed by atoms with Gasteiger partial charge in [-0.2, -0.15) is 0 Å². The number of nitrogens with one attached hydrogen (secondary N) is 1. The second-order valence-corrected chi connectivity index (χ2v) is 7.39. The molecule has 27 heavy (non-hydrogen) atoms. The molecule has 0 saturated heterocycles. The summed E-state index contributed by atoms with van der Waals surface area (Å²) in [5.74, 6) is -0.00488. The third-order valence-electron chi connectivity index (χ3n) is 3.96. The number of carbonyl (C=O) groups excluding carboxylic acids is 2. The molecule has 1 N–H and O–H groups in total. The highest BCUT2D eigenvalue weighted by Gasteiger charge is 2.19. The van der Waals surface area contributed by atoms with Gasteiger partial charge in [-0.05, 0) is 54.7 Å².